The minimum Gasteiger partial charge on any atom is -0.504 e. The van der Waals surface area contributed by atoms with E-state index in [-0.39, 0.29) is 35.5 Å². The van der Waals surface area contributed by atoms with E-state index >= 15 is 0 Å². The maximum Gasteiger partial charge on any atom is 0.343 e. The number of aliphatic hydroxyl groups excluding tert-OH is 1. The quantitative estimate of drug-likeness (QED) is 0.329. The predicted molar refractivity (Wildman–Crippen MR) is 129 cm³/mol. The molecule has 0 aliphatic carbocycles. The first-order valence-corrected chi connectivity index (χ1v) is 11.9. The van der Waals surface area contributed by atoms with E-state index in [1.165, 1.54) is 10.5 Å². The lowest BCUT2D eigenvalue weighted by atomic mass is 9.99. The molecule has 1 atom stereocenters. The number of furan rings is 1. The van der Waals surface area contributed by atoms with Crippen molar-refractivity contribution in [2.75, 3.05) is 13.1 Å². The molecular weight excluding hydrogens is 450 g/mol. The Labute approximate surface area is 205 Å². The average Bonchev–Trinajstić information content (AvgIpc) is 3.45. The van der Waals surface area contributed by atoms with Gasteiger partial charge in [-0.1, -0.05) is 24.6 Å². The number of hydrogen-bond acceptors (Lipinski definition) is 6. The molecule has 188 valence electrons. The number of ether oxygens (including phenoxy) is 1. The molecule has 0 radical (unpaired) electrons. The standard InChI is InChI=1S/C27H33NO7/c1-17(6-4-8-18(2)12-23-25(31)19(3)27(33)35-23)7-5-9-20-13-22(34-16-20)14-21-10-11-28(26(21)32)15-24(29)30/h7,10,12-13,16,18,31H,4-6,8-9,11,14-15H2,1-3H3,(H,29,30). The van der Waals surface area contributed by atoms with Gasteiger partial charge in [0, 0.05) is 18.5 Å². The lowest BCUT2D eigenvalue weighted by Crippen LogP contribution is -2.32. The summed E-state index contributed by atoms with van der Waals surface area (Å²) in [6, 6.07) is 1.95. The van der Waals surface area contributed by atoms with E-state index in [0.717, 1.165) is 37.7 Å². The molecule has 2 aliphatic heterocycles. The van der Waals surface area contributed by atoms with E-state index in [4.69, 9.17) is 14.3 Å². The summed E-state index contributed by atoms with van der Waals surface area (Å²) in [4.78, 5) is 35.9. The van der Waals surface area contributed by atoms with Gasteiger partial charge in [0.2, 0.25) is 0 Å². The molecule has 1 aromatic rings. The first-order chi connectivity index (χ1) is 16.6. The first-order valence-electron chi connectivity index (χ1n) is 11.9. The minimum atomic E-state index is -1.02. The van der Waals surface area contributed by atoms with E-state index in [0.29, 0.717) is 24.3 Å². The summed E-state index contributed by atoms with van der Waals surface area (Å²) >= 11 is 0. The van der Waals surface area contributed by atoms with Crippen molar-refractivity contribution < 1.29 is 33.8 Å². The smallest absolute Gasteiger partial charge is 0.343 e. The monoisotopic (exact) mass is 483 g/mol. The average molecular weight is 484 g/mol. The van der Waals surface area contributed by atoms with Gasteiger partial charge in [-0.05, 0) is 69.6 Å². The van der Waals surface area contributed by atoms with Crippen molar-refractivity contribution in [3.63, 3.8) is 0 Å². The van der Waals surface area contributed by atoms with Crippen LogP contribution in [0.15, 0.2) is 63.2 Å². The Balaban J connectivity index is 1.37. The van der Waals surface area contributed by atoms with Crippen molar-refractivity contribution >= 4 is 17.8 Å². The van der Waals surface area contributed by atoms with Crippen LogP contribution in [0.25, 0.3) is 0 Å². The van der Waals surface area contributed by atoms with E-state index in [2.05, 4.69) is 13.0 Å². The van der Waals surface area contributed by atoms with Crippen molar-refractivity contribution in [3.8, 4) is 0 Å². The molecule has 0 aromatic carbocycles. The van der Waals surface area contributed by atoms with Gasteiger partial charge in [-0.3, -0.25) is 9.59 Å². The van der Waals surface area contributed by atoms with Crippen LogP contribution in [0.5, 0.6) is 0 Å². The normalized spacial score (nSPS) is 18.5. The van der Waals surface area contributed by atoms with E-state index in [1.54, 1.807) is 25.3 Å². The summed E-state index contributed by atoms with van der Waals surface area (Å²) in [5.41, 5.74) is 3.19. The van der Waals surface area contributed by atoms with Crippen LogP contribution in [-0.2, 0) is 32.0 Å². The summed E-state index contributed by atoms with van der Waals surface area (Å²) in [6.07, 6.45) is 12.5. The fourth-order valence-corrected chi connectivity index (χ4v) is 4.13. The van der Waals surface area contributed by atoms with Crippen LogP contribution in [0.2, 0.25) is 0 Å². The van der Waals surface area contributed by atoms with Gasteiger partial charge in [0.1, 0.15) is 12.3 Å². The SMILES string of the molecule is CC(=CCCc1coc(CC2=CCN(CC(=O)O)C2=O)c1)CCCC(C)C=C1OC(=O)C(C)=C1O. The number of rotatable bonds is 12. The highest BCUT2D eigenvalue weighted by molar-refractivity contribution is 5.97. The number of carboxylic acid groups (broad SMARTS) is 1. The Morgan fingerprint density at radius 3 is 2.77 bits per heavy atom. The lowest BCUT2D eigenvalue weighted by molar-refractivity contribution is -0.142. The Morgan fingerprint density at radius 2 is 2.09 bits per heavy atom. The van der Waals surface area contributed by atoms with E-state index in [1.807, 2.05) is 13.0 Å². The molecule has 1 unspecified atom stereocenters. The highest BCUT2D eigenvalue weighted by atomic mass is 16.6. The number of cyclic esters (lactones) is 1. The van der Waals surface area contributed by atoms with Gasteiger partial charge in [0.05, 0.1) is 11.8 Å². The van der Waals surface area contributed by atoms with Gasteiger partial charge < -0.3 is 24.3 Å². The molecule has 0 saturated heterocycles. The molecule has 0 saturated carbocycles. The Bertz CT molecular complexity index is 1100. The Hall–Kier alpha value is -3.55. The number of carbonyl (C=O) groups is 3. The van der Waals surface area contributed by atoms with Crippen LogP contribution in [0.4, 0.5) is 0 Å². The highest BCUT2D eigenvalue weighted by Gasteiger charge is 2.27. The molecule has 35 heavy (non-hydrogen) atoms. The number of amides is 1. The number of aliphatic carboxylic acids is 1. The molecular formula is C27H33NO7. The number of nitrogens with zero attached hydrogens (tertiary/aromatic N) is 1. The summed E-state index contributed by atoms with van der Waals surface area (Å²) in [7, 11) is 0. The second-order valence-corrected chi connectivity index (χ2v) is 9.26. The molecule has 2 N–H and O–H groups in total. The van der Waals surface area contributed by atoms with Gasteiger partial charge in [0.25, 0.3) is 5.91 Å². The van der Waals surface area contributed by atoms with Gasteiger partial charge in [0.15, 0.2) is 11.5 Å². The highest BCUT2D eigenvalue weighted by Crippen LogP contribution is 2.26. The molecule has 0 spiro atoms. The number of aryl methyl sites for hydroxylation is 1. The number of esters is 1. The largest absolute Gasteiger partial charge is 0.504 e. The van der Waals surface area contributed by atoms with Crippen molar-refractivity contribution in [3.05, 3.63) is 70.1 Å². The predicted octanol–water partition coefficient (Wildman–Crippen LogP) is 4.63. The van der Waals surface area contributed by atoms with Gasteiger partial charge >= 0.3 is 11.9 Å². The molecule has 3 heterocycles. The number of allylic oxidation sites excluding steroid dienone is 3. The van der Waals surface area contributed by atoms with Crippen LogP contribution in [0, 0.1) is 5.92 Å². The zero-order valence-corrected chi connectivity index (χ0v) is 20.5. The number of aliphatic hydroxyl groups is 1. The van der Waals surface area contributed by atoms with Crippen LogP contribution in [0.3, 0.4) is 0 Å². The van der Waals surface area contributed by atoms with Crippen LogP contribution in [-0.4, -0.2) is 46.0 Å². The van der Waals surface area contributed by atoms with Crippen LogP contribution >= 0.6 is 0 Å². The number of hydrogen-bond donors (Lipinski definition) is 2. The topological polar surface area (TPSA) is 117 Å². The van der Waals surface area contributed by atoms with Crippen LogP contribution < -0.4 is 0 Å². The van der Waals surface area contributed by atoms with Crippen LogP contribution in [0.1, 0.15) is 57.8 Å². The zero-order valence-electron chi connectivity index (χ0n) is 20.5. The molecule has 1 amide bonds. The third-order valence-electron chi connectivity index (χ3n) is 6.21. The summed E-state index contributed by atoms with van der Waals surface area (Å²) < 4.78 is 10.7. The Kier molecular flexibility index (Phi) is 8.73. The second kappa shape index (κ2) is 11.7. The van der Waals surface area contributed by atoms with E-state index in [9.17, 15) is 19.5 Å². The Morgan fingerprint density at radius 1 is 1.31 bits per heavy atom. The molecule has 3 rings (SSSR count). The molecule has 1 aromatic heterocycles. The fraction of sp³-hybridized carbons (Fsp3) is 0.444. The minimum absolute atomic E-state index is 0.0629. The molecule has 8 nitrogen and oxygen atoms in total. The molecule has 0 bridgehead atoms. The molecule has 0 fully saturated rings. The second-order valence-electron chi connectivity index (χ2n) is 9.26. The maximum atomic E-state index is 12.3. The van der Waals surface area contributed by atoms with Gasteiger partial charge in [-0.2, -0.15) is 0 Å². The van der Waals surface area contributed by atoms with Gasteiger partial charge in [-0.15, -0.1) is 0 Å². The zero-order chi connectivity index (χ0) is 25.5. The fourth-order valence-electron chi connectivity index (χ4n) is 4.13. The van der Waals surface area contributed by atoms with Crippen molar-refractivity contribution in [2.45, 2.75) is 59.3 Å². The van der Waals surface area contributed by atoms with Crippen molar-refractivity contribution in [1.82, 2.24) is 4.90 Å². The van der Waals surface area contributed by atoms with Gasteiger partial charge in [-0.25, -0.2) is 4.79 Å². The summed E-state index contributed by atoms with van der Waals surface area (Å²) in [5.74, 6) is -0.679. The summed E-state index contributed by atoms with van der Waals surface area (Å²) in [6.45, 7) is 5.73. The van der Waals surface area contributed by atoms with Crippen molar-refractivity contribution in [1.29, 1.82) is 0 Å². The lowest BCUT2D eigenvalue weighted by Gasteiger charge is -2.12. The van der Waals surface area contributed by atoms with Crippen molar-refractivity contribution in [2.24, 2.45) is 5.92 Å². The molecule has 2 aliphatic rings. The number of carbonyl (C=O) groups excluding carboxylic acids is 2. The summed E-state index contributed by atoms with van der Waals surface area (Å²) in [5, 5.41) is 18.8. The first kappa shape index (κ1) is 26.1. The third-order valence-corrected chi connectivity index (χ3v) is 6.21. The third kappa shape index (κ3) is 7.21. The number of carboxylic acids is 1. The van der Waals surface area contributed by atoms with E-state index < -0.39 is 11.9 Å². The molecule has 8 heteroatoms. The maximum absolute atomic E-state index is 12.3.